The predicted molar refractivity (Wildman–Crippen MR) is 48.7 cm³/mol. The van der Waals surface area contributed by atoms with Crippen LogP contribution in [0.15, 0.2) is 24.4 Å². The Bertz CT molecular complexity index is 498. The molecule has 0 aliphatic heterocycles. The molecular weight excluding hydrogens is 164 g/mol. The van der Waals surface area contributed by atoms with E-state index in [9.17, 15) is 0 Å². The van der Waals surface area contributed by atoms with E-state index >= 15 is 0 Å². The fourth-order valence-corrected chi connectivity index (χ4v) is 1.18. The molecule has 0 bridgehead atoms. The van der Waals surface area contributed by atoms with E-state index in [4.69, 9.17) is 11.0 Å². The maximum absolute atomic E-state index is 8.65. The van der Waals surface area contributed by atoms with Crippen LogP contribution in [0.3, 0.4) is 0 Å². The Morgan fingerprint density at radius 1 is 1.38 bits per heavy atom. The van der Waals surface area contributed by atoms with Gasteiger partial charge in [-0.2, -0.15) is 10.4 Å². The summed E-state index contributed by atoms with van der Waals surface area (Å²) < 4.78 is 0. The number of benzene rings is 1. The van der Waals surface area contributed by atoms with Crippen molar-refractivity contribution in [2.24, 2.45) is 0 Å². The zero-order valence-corrected chi connectivity index (χ0v) is 6.73. The van der Waals surface area contributed by atoms with Crippen LogP contribution in [0.1, 0.15) is 5.56 Å². The molecule has 62 valence electrons. The average molecular weight is 170 g/mol. The minimum Gasteiger partial charge on any atom is -0.382 e. The lowest BCUT2D eigenvalue weighted by Crippen LogP contribution is -1.93. The third-order valence-electron chi connectivity index (χ3n) is 1.82. The minimum atomic E-state index is 0.391. The van der Waals surface area contributed by atoms with Crippen molar-refractivity contribution in [2.45, 2.75) is 0 Å². The molecule has 13 heavy (non-hydrogen) atoms. The fraction of sp³-hybridized carbons (Fsp3) is 0. The summed E-state index contributed by atoms with van der Waals surface area (Å²) >= 11 is 0. The number of rotatable bonds is 0. The molecule has 0 spiro atoms. The van der Waals surface area contributed by atoms with Gasteiger partial charge in [0.2, 0.25) is 0 Å². The molecule has 0 atom stereocenters. The van der Waals surface area contributed by atoms with E-state index in [1.54, 1.807) is 24.4 Å². The lowest BCUT2D eigenvalue weighted by atomic mass is 10.1. The first-order valence-corrected chi connectivity index (χ1v) is 3.72. The second kappa shape index (κ2) is 2.72. The molecule has 1 aromatic carbocycles. The maximum Gasteiger partial charge on any atom is 0.153 e. The van der Waals surface area contributed by atoms with Crippen molar-refractivity contribution in [3.05, 3.63) is 30.0 Å². The zero-order valence-electron chi connectivity index (χ0n) is 6.73. The first kappa shape index (κ1) is 7.50. The van der Waals surface area contributed by atoms with Gasteiger partial charge in [0, 0.05) is 10.8 Å². The van der Waals surface area contributed by atoms with Crippen LogP contribution in [-0.2, 0) is 0 Å². The minimum absolute atomic E-state index is 0.391. The summed E-state index contributed by atoms with van der Waals surface area (Å²) in [5, 5.41) is 17.7. The van der Waals surface area contributed by atoms with Crippen LogP contribution in [0, 0.1) is 11.3 Å². The number of hydrogen-bond acceptors (Lipinski definition) is 4. The van der Waals surface area contributed by atoms with Gasteiger partial charge in [0.1, 0.15) is 0 Å². The number of hydrogen-bond donors (Lipinski definition) is 1. The summed E-state index contributed by atoms with van der Waals surface area (Å²) in [6, 6.07) is 7.27. The summed E-state index contributed by atoms with van der Waals surface area (Å²) in [5.41, 5.74) is 6.19. The Labute approximate surface area is 74.6 Å². The van der Waals surface area contributed by atoms with Gasteiger partial charge in [-0.05, 0) is 18.2 Å². The largest absolute Gasteiger partial charge is 0.382 e. The molecular formula is C9H6N4. The number of nitrogen functional groups attached to an aromatic ring is 1. The number of nitriles is 1. The number of nitrogens with two attached hydrogens (primary N) is 1. The lowest BCUT2D eigenvalue weighted by molar-refractivity contribution is 1.06. The molecule has 0 amide bonds. The van der Waals surface area contributed by atoms with E-state index in [1.807, 2.05) is 6.07 Å². The Balaban J connectivity index is 2.82. The van der Waals surface area contributed by atoms with Crippen LogP contribution in [0.25, 0.3) is 10.8 Å². The molecule has 0 saturated carbocycles. The van der Waals surface area contributed by atoms with Gasteiger partial charge in [0.15, 0.2) is 5.82 Å². The third kappa shape index (κ3) is 1.16. The molecule has 4 heteroatoms. The Morgan fingerprint density at radius 2 is 2.23 bits per heavy atom. The maximum atomic E-state index is 8.65. The van der Waals surface area contributed by atoms with Gasteiger partial charge >= 0.3 is 0 Å². The van der Waals surface area contributed by atoms with Crippen LogP contribution in [0.4, 0.5) is 5.82 Å². The molecule has 0 saturated heterocycles. The van der Waals surface area contributed by atoms with Crippen molar-refractivity contribution in [2.75, 3.05) is 5.73 Å². The van der Waals surface area contributed by atoms with E-state index in [0.717, 1.165) is 10.8 Å². The van der Waals surface area contributed by atoms with Crippen molar-refractivity contribution in [3.8, 4) is 6.07 Å². The molecule has 0 radical (unpaired) electrons. The van der Waals surface area contributed by atoms with Crippen molar-refractivity contribution in [3.63, 3.8) is 0 Å². The molecule has 0 unspecified atom stereocenters. The highest BCUT2D eigenvalue weighted by Gasteiger charge is 1.99. The van der Waals surface area contributed by atoms with Gasteiger partial charge in [-0.3, -0.25) is 0 Å². The molecule has 0 aliphatic rings. The molecule has 1 heterocycles. The highest BCUT2D eigenvalue weighted by Crippen LogP contribution is 2.18. The van der Waals surface area contributed by atoms with Crippen molar-refractivity contribution in [1.82, 2.24) is 10.2 Å². The number of anilines is 1. The smallest absolute Gasteiger partial charge is 0.153 e. The first-order chi connectivity index (χ1) is 6.31. The molecule has 0 aliphatic carbocycles. The summed E-state index contributed by atoms with van der Waals surface area (Å²) in [6.45, 7) is 0. The monoisotopic (exact) mass is 170 g/mol. The van der Waals surface area contributed by atoms with Gasteiger partial charge in [-0.1, -0.05) is 0 Å². The second-order valence-corrected chi connectivity index (χ2v) is 2.64. The molecule has 2 N–H and O–H groups in total. The molecule has 4 nitrogen and oxygen atoms in total. The fourth-order valence-electron chi connectivity index (χ4n) is 1.18. The molecule has 2 aromatic rings. The Kier molecular flexibility index (Phi) is 1.57. The topological polar surface area (TPSA) is 75.6 Å². The summed E-state index contributed by atoms with van der Waals surface area (Å²) in [5.74, 6) is 0.391. The molecule has 1 aromatic heterocycles. The normalized spacial score (nSPS) is 9.77. The first-order valence-electron chi connectivity index (χ1n) is 3.72. The van der Waals surface area contributed by atoms with Gasteiger partial charge in [-0.15, -0.1) is 5.10 Å². The Morgan fingerprint density at radius 3 is 3.00 bits per heavy atom. The van der Waals surface area contributed by atoms with Crippen molar-refractivity contribution in [1.29, 1.82) is 5.26 Å². The second-order valence-electron chi connectivity index (χ2n) is 2.64. The van der Waals surface area contributed by atoms with E-state index in [0.29, 0.717) is 11.4 Å². The van der Waals surface area contributed by atoms with E-state index in [1.165, 1.54) is 0 Å². The van der Waals surface area contributed by atoms with Crippen molar-refractivity contribution < 1.29 is 0 Å². The molecule has 2 rings (SSSR count). The van der Waals surface area contributed by atoms with E-state index < -0.39 is 0 Å². The van der Waals surface area contributed by atoms with Crippen LogP contribution in [-0.4, -0.2) is 10.2 Å². The third-order valence-corrected chi connectivity index (χ3v) is 1.82. The van der Waals surface area contributed by atoms with Crippen molar-refractivity contribution >= 4 is 16.6 Å². The zero-order chi connectivity index (χ0) is 9.26. The highest BCUT2D eigenvalue weighted by atomic mass is 15.1. The van der Waals surface area contributed by atoms with Gasteiger partial charge < -0.3 is 5.73 Å². The van der Waals surface area contributed by atoms with Gasteiger partial charge in [-0.25, -0.2) is 0 Å². The standard InChI is InChI=1S/C9H6N4/c10-4-6-1-2-8-7(3-6)5-12-13-9(8)11/h1-3,5H,(H2,11,13). The van der Waals surface area contributed by atoms with Crippen LogP contribution < -0.4 is 5.73 Å². The summed E-state index contributed by atoms with van der Waals surface area (Å²) in [6.07, 6.45) is 1.59. The number of aromatic nitrogens is 2. The summed E-state index contributed by atoms with van der Waals surface area (Å²) in [4.78, 5) is 0. The van der Waals surface area contributed by atoms with Gasteiger partial charge in [0.05, 0.1) is 17.8 Å². The average Bonchev–Trinajstić information content (AvgIpc) is 2.18. The quantitative estimate of drug-likeness (QED) is 0.641. The number of nitrogens with zero attached hydrogens (tertiary/aromatic N) is 3. The van der Waals surface area contributed by atoms with E-state index in [-0.39, 0.29) is 0 Å². The van der Waals surface area contributed by atoms with Crippen LogP contribution in [0.5, 0.6) is 0 Å². The highest BCUT2D eigenvalue weighted by molar-refractivity contribution is 5.90. The van der Waals surface area contributed by atoms with Crippen LogP contribution >= 0.6 is 0 Å². The predicted octanol–water partition coefficient (Wildman–Crippen LogP) is 1.08. The van der Waals surface area contributed by atoms with Gasteiger partial charge in [0.25, 0.3) is 0 Å². The lowest BCUT2D eigenvalue weighted by Gasteiger charge is -1.98. The SMILES string of the molecule is N#Cc1ccc2c(N)nncc2c1. The van der Waals surface area contributed by atoms with E-state index in [2.05, 4.69) is 10.2 Å². The number of fused-ring (bicyclic) bond motifs is 1. The van der Waals surface area contributed by atoms with Crippen LogP contribution in [0.2, 0.25) is 0 Å². The molecule has 0 fully saturated rings. The Hall–Kier alpha value is -2.15. The summed E-state index contributed by atoms with van der Waals surface area (Å²) in [7, 11) is 0.